The van der Waals surface area contributed by atoms with Crippen LogP contribution in [0.4, 0.5) is 0 Å². The Balaban J connectivity index is 2.28. The zero-order chi connectivity index (χ0) is 17.8. The van der Waals surface area contributed by atoms with Crippen LogP contribution in [0.2, 0.25) is 18.1 Å². The van der Waals surface area contributed by atoms with Crippen molar-refractivity contribution in [3.05, 3.63) is 23.8 Å². The van der Waals surface area contributed by atoms with E-state index in [1.807, 2.05) is 0 Å². The SMILES string of the molecule is CC(C)(C)/C=C\C1=C[C@H](O[Si](C)(C)C(C)(C)C)[C@H]2C[C@@H]1C2(C)C. The Labute approximate surface area is 145 Å². The molecule has 0 unspecified atom stereocenters. The Hall–Kier alpha value is -0.343. The summed E-state index contributed by atoms with van der Waals surface area (Å²) in [5, 5.41) is 0.271. The van der Waals surface area contributed by atoms with E-state index in [2.05, 4.69) is 86.7 Å². The van der Waals surface area contributed by atoms with E-state index in [4.69, 9.17) is 4.43 Å². The molecule has 0 N–H and O–H groups in total. The molecule has 0 spiro atoms. The van der Waals surface area contributed by atoms with Crippen molar-refractivity contribution in [3.8, 4) is 0 Å². The molecule has 3 rings (SSSR count). The van der Waals surface area contributed by atoms with Gasteiger partial charge in [-0.1, -0.05) is 73.6 Å². The Morgan fingerprint density at radius 1 is 1.13 bits per heavy atom. The van der Waals surface area contributed by atoms with E-state index in [0.29, 0.717) is 23.4 Å². The van der Waals surface area contributed by atoms with Crippen molar-refractivity contribution < 1.29 is 4.43 Å². The largest absolute Gasteiger partial charge is 0.410 e. The Morgan fingerprint density at radius 3 is 2.13 bits per heavy atom. The van der Waals surface area contributed by atoms with Crippen LogP contribution in [0, 0.1) is 22.7 Å². The highest BCUT2D eigenvalue weighted by atomic mass is 28.4. The van der Waals surface area contributed by atoms with Crippen LogP contribution in [-0.2, 0) is 4.43 Å². The molecule has 0 aromatic heterocycles. The van der Waals surface area contributed by atoms with Crippen molar-refractivity contribution in [1.82, 2.24) is 0 Å². The van der Waals surface area contributed by atoms with Crippen molar-refractivity contribution >= 4 is 8.32 Å². The number of hydrogen-bond acceptors (Lipinski definition) is 1. The average molecular weight is 335 g/mol. The summed E-state index contributed by atoms with van der Waals surface area (Å²) in [5.41, 5.74) is 2.12. The molecule has 0 radical (unpaired) electrons. The molecule has 23 heavy (non-hydrogen) atoms. The highest BCUT2D eigenvalue weighted by molar-refractivity contribution is 6.74. The lowest BCUT2D eigenvalue weighted by molar-refractivity contribution is -0.0692. The molecule has 1 fully saturated rings. The van der Waals surface area contributed by atoms with Crippen molar-refractivity contribution in [2.24, 2.45) is 22.7 Å². The van der Waals surface area contributed by atoms with Crippen LogP contribution in [0.15, 0.2) is 23.8 Å². The van der Waals surface area contributed by atoms with Gasteiger partial charge < -0.3 is 4.43 Å². The van der Waals surface area contributed by atoms with Gasteiger partial charge in [0.05, 0.1) is 6.10 Å². The number of fused-ring (bicyclic) bond motifs is 1. The topological polar surface area (TPSA) is 9.23 Å². The summed E-state index contributed by atoms with van der Waals surface area (Å²) in [6, 6.07) is 0. The van der Waals surface area contributed by atoms with Gasteiger partial charge in [0.15, 0.2) is 8.32 Å². The standard InChI is InChI=1S/C21H38OSi/c1-19(2,3)12-11-15-13-18(17-14-16(15)21(17,7)8)22-23(9,10)20(4,5)6/h11-13,16-18H,14H2,1-10H3/b12-11-/t16-,17+,18-/m0/s1. The van der Waals surface area contributed by atoms with Gasteiger partial charge in [-0.2, -0.15) is 0 Å². The minimum Gasteiger partial charge on any atom is -0.410 e. The summed E-state index contributed by atoms with van der Waals surface area (Å²) in [4.78, 5) is 0. The molecule has 0 heterocycles. The fourth-order valence-corrected chi connectivity index (χ4v) is 4.92. The molecule has 0 aromatic rings. The fourth-order valence-electron chi connectivity index (χ4n) is 3.66. The van der Waals surface area contributed by atoms with Gasteiger partial charge in [0.2, 0.25) is 0 Å². The van der Waals surface area contributed by atoms with Crippen molar-refractivity contribution in [2.45, 2.75) is 86.0 Å². The lowest BCUT2D eigenvalue weighted by Gasteiger charge is -2.60. The van der Waals surface area contributed by atoms with E-state index in [0.717, 1.165) is 0 Å². The van der Waals surface area contributed by atoms with Gasteiger partial charge in [-0.3, -0.25) is 0 Å². The van der Waals surface area contributed by atoms with Gasteiger partial charge in [-0.05, 0) is 52.8 Å². The van der Waals surface area contributed by atoms with Crippen LogP contribution in [-0.4, -0.2) is 14.4 Å². The monoisotopic (exact) mass is 334 g/mol. The number of hydrogen-bond donors (Lipinski definition) is 0. The molecule has 1 nitrogen and oxygen atoms in total. The molecule has 0 aromatic carbocycles. The van der Waals surface area contributed by atoms with Crippen LogP contribution >= 0.6 is 0 Å². The van der Waals surface area contributed by atoms with E-state index in [1.165, 1.54) is 12.0 Å². The summed E-state index contributed by atoms with van der Waals surface area (Å²) in [5.74, 6) is 1.40. The second-order valence-electron chi connectivity index (χ2n) is 10.9. The summed E-state index contributed by atoms with van der Waals surface area (Å²) in [7, 11) is -1.73. The molecular formula is C21H38OSi. The zero-order valence-corrected chi connectivity index (χ0v) is 18.1. The van der Waals surface area contributed by atoms with Gasteiger partial charge in [0, 0.05) is 0 Å². The molecule has 3 aliphatic rings. The second kappa shape index (κ2) is 5.59. The van der Waals surface area contributed by atoms with Crippen LogP contribution in [0.25, 0.3) is 0 Å². The molecule has 2 heteroatoms. The summed E-state index contributed by atoms with van der Waals surface area (Å²) >= 11 is 0. The maximum absolute atomic E-state index is 6.82. The normalized spacial score (nSPS) is 31.0. The summed E-state index contributed by atoms with van der Waals surface area (Å²) in [6.07, 6.45) is 8.79. The van der Waals surface area contributed by atoms with E-state index >= 15 is 0 Å². The highest BCUT2D eigenvalue weighted by Gasteiger charge is 2.56. The molecule has 1 saturated carbocycles. The maximum atomic E-state index is 6.82. The summed E-state index contributed by atoms with van der Waals surface area (Å²) < 4.78 is 6.82. The Kier molecular flexibility index (Phi) is 4.62. The van der Waals surface area contributed by atoms with Crippen molar-refractivity contribution in [2.75, 3.05) is 0 Å². The fraction of sp³-hybridized carbons (Fsp3) is 0.810. The zero-order valence-electron chi connectivity index (χ0n) is 17.1. The first-order chi connectivity index (χ1) is 10.2. The van der Waals surface area contributed by atoms with Gasteiger partial charge in [0.25, 0.3) is 0 Å². The molecule has 3 aliphatic carbocycles. The third kappa shape index (κ3) is 3.68. The first-order valence-corrected chi connectivity index (χ1v) is 12.1. The number of allylic oxidation sites excluding steroid dienone is 3. The Morgan fingerprint density at radius 2 is 1.70 bits per heavy atom. The first-order valence-electron chi connectivity index (χ1n) is 9.24. The third-order valence-corrected chi connectivity index (χ3v) is 11.0. The maximum Gasteiger partial charge on any atom is 0.192 e. The molecule has 0 amide bonds. The van der Waals surface area contributed by atoms with Crippen LogP contribution in [0.3, 0.4) is 0 Å². The molecule has 0 aliphatic heterocycles. The van der Waals surface area contributed by atoms with Crippen LogP contribution in [0.1, 0.15) is 61.8 Å². The average Bonchev–Trinajstić information content (AvgIpc) is 2.32. The minimum absolute atomic E-state index is 0.237. The van der Waals surface area contributed by atoms with E-state index < -0.39 is 8.32 Å². The number of rotatable bonds is 3. The van der Waals surface area contributed by atoms with E-state index in [1.54, 1.807) is 0 Å². The van der Waals surface area contributed by atoms with Crippen molar-refractivity contribution in [3.63, 3.8) is 0 Å². The van der Waals surface area contributed by atoms with E-state index in [9.17, 15) is 0 Å². The quantitative estimate of drug-likeness (QED) is 0.529. The third-order valence-electron chi connectivity index (χ3n) is 6.51. The predicted molar refractivity (Wildman–Crippen MR) is 104 cm³/mol. The van der Waals surface area contributed by atoms with Crippen LogP contribution < -0.4 is 0 Å². The smallest absolute Gasteiger partial charge is 0.192 e. The molecular weight excluding hydrogens is 296 g/mol. The lowest BCUT2D eigenvalue weighted by atomic mass is 9.48. The van der Waals surface area contributed by atoms with Crippen molar-refractivity contribution in [1.29, 1.82) is 0 Å². The summed E-state index contributed by atoms with van der Waals surface area (Å²) in [6.45, 7) is 23.4. The van der Waals surface area contributed by atoms with E-state index in [-0.39, 0.29) is 10.5 Å². The van der Waals surface area contributed by atoms with Crippen LogP contribution in [0.5, 0.6) is 0 Å². The molecule has 132 valence electrons. The van der Waals surface area contributed by atoms with Gasteiger partial charge in [-0.15, -0.1) is 0 Å². The lowest BCUT2D eigenvalue weighted by Crippen LogP contribution is -2.57. The second-order valence-corrected chi connectivity index (χ2v) is 15.7. The van der Waals surface area contributed by atoms with Gasteiger partial charge >= 0.3 is 0 Å². The molecule has 3 atom stereocenters. The first kappa shape index (κ1) is 19.0. The van der Waals surface area contributed by atoms with Gasteiger partial charge in [0.1, 0.15) is 0 Å². The molecule has 0 saturated heterocycles. The highest BCUT2D eigenvalue weighted by Crippen LogP contribution is 2.61. The Bertz CT molecular complexity index is 511. The molecule has 2 bridgehead atoms. The predicted octanol–water partition coefficient (Wildman–Crippen LogP) is 6.58. The van der Waals surface area contributed by atoms with Gasteiger partial charge in [-0.25, -0.2) is 0 Å². The minimum atomic E-state index is -1.73.